The summed E-state index contributed by atoms with van der Waals surface area (Å²) in [4.78, 5) is 34.2. The first-order chi connectivity index (χ1) is 21.2. The fourth-order valence-electron chi connectivity index (χ4n) is 7.60. The van der Waals surface area contributed by atoms with Crippen molar-refractivity contribution in [3.05, 3.63) is 64.0 Å². The van der Waals surface area contributed by atoms with Gasteiger partial charge in [-0.05, 0) is 137 Å². The van der Waals surface area contributed by atoms with Crippen molar-refractivity contribution in [1.29, 1.82) is 0 Å². The van der Waals surface area contributed by atoms with Crippen LogP contribution in [0.25, 0.3) is 0 Å². The molecular weight excluding hydrogens is 579 g/mol. The fraction of sp³-hybridized carbons (Fsp3) is 0.639. The molecular formula is C36H50F3N3O3. The van der Waals surface area contributed by atoms with Gasteiger partial charge in [0.15, 0.2) is 6.29 Å². The molecule has 1 aromatic heterocycles. The van der Waals surface area contributed by atoms with Crippen LogP contribution in [0.4, 0.5) is 13.2 Å². The van der Waals surface area contributed by atoms with Crippen molar-refractivity contribution in [3.8, 4) is 0 Å². The minimum atomic E-state index is -4.65. The van der Waals surface area contributed by atoms with E-state index in [2.05, 4.69) is 60.5 Å². The number of rotatable bonds is 13. The van der Waals surface area contributed by atoms with E-state index in [-0.39, 0.29) is 24.7 Å². The number of carbonyl (C=O) groups excluding carboxylic acids is 2. The molecule has 2 atom stereocenters. The van der Waals surface area contributed by atoms with E-state index in [0.717, 1.165) is 43.6 Å². The Hall–Kier alpha value is -2.62. The molecule has 248 valence electrons. The summed E-state index contributed by atoms with van der Waals surface area (Å²) in [7, 11) is 1.88. The number of Topliss-reactive ketones (excluding diaryl/α,β-unsaturated/α-hetero) is 1. The maximum atomic E-state index is 13.3. The molecule has 2 fully saturated rings. The number of nitrogens with zero attached hydrogens (tertiary/aromatic N) is 3. The average Bonchev–Trinajstić information content (AvgIpc) is 3.32. The smallest absolute Gasteiger partial charge is 0.303 e. The van der Waals surface area contributed by atoms with Crippen molar-refractivity contribution < 1.29 is 27.5 Å². The van der Waals surface area contributed by atoms with Gasteiger partial charge in [-0.2, -0.15) is 0 Å². The maximum Gasteiger partial charge on any atom is 0.522 e. The van der Waals surface area contributed by atoms with E-state index >= 15 is 0 Å². The van der Waals surface area contributed by atoms with Gasteiger partial charge in [0, 0.05) is 18.9 Å². The highest BCUT2D eigenvalue weighted by Crippen LogP contribution is 2.41. The van der Waals surface area contributed by atoms with Gasteiger partial charge >= 0.3 is 6.36 Å². The molecule has 0 amide bonds. The Morgan fingerprint density at radius 2 is 1.80 bits per heavy atom. The number of aryl methyl sites for hydroxylation is 3. The third-order valence-corrected chi connectivity index (χ3v) is 9.98. The summed E-state index contributed by atoms with van der Waals surface area (Å²) >= 11 is 0. The number of hydrogen-bond donors (Lipinski definition) is 0. The summed E-state index contributed by atoms with van der Waals surface area (Å²) in [6.07, 6.45) is 2.85. The number of alkyl halides is 3. The van der Waals surface area contributed by atoms with Crippen LogP contribution in [-0.4, -0.2) is 72.5 Å². The normalized spacial score (nSPS) is 22.0. The van der Waals surface area contributed by atoms with Crippen LogP contribution in [0.15, 0.2) is 30.6 Å². The average molecular weight is 630 g/mol. The number of carbonyl (C=O) groups is 2. The van der Waals surface area contributed by atoms with Crippen LogP contribution in [0.2, 0.25) is 0 Å². The van der Waals surface area contributed by atoms with Crippen LogP contribution in [0, 0.1) is 26.2 Å². The largest absolute Gasteiger partial charge is 0.522 e. The number of likely N-dealkylation sites (N-methyl/N-ethyl adjacent to an activating group) is 1. The fourth-order valence-corrected chi connectivity index (χ4v) is 7.60. The third-order valence-electron chi connectivity index (χ3n) is 9.98. The van der Waals surface area contributed by atoms with Gasteiger partial charge in [0.2, 0.25) is 5.78 Å². The molecule has 0 spiro atoms. The van der Waals surface area contributed by atoms with Gasteiger partial charge in [0.05, 0.1) is 6.10 Å². The highest BCUT2D eigenvalue weighted by atomic mass is 19.4. The number of benzene rings is 1. The van der Waals surface area contributed by atoms with Gasteiger partial charge in [0.1, 0.15) is 6.04 Å². The van der Waals surface area contributed by atoms with Gasteiger partial charge in [-0.25, -0.2) is 0 Å². The Bertz CT molecular complexity index is 1320. The molecule has 45 heavy (non-hydrogen) atoms. The van der Waals surface area contributed by atoms with Crippen molar-refractivity contribution in [3.63, 3.8) is 0 Å². The van der Waals surface area contributed by atoms with Gasteiger partial charge in [-0.15, -0.1) is 13.2 Å². The third kappa shape index (κ3) is 9.46. The minimum Gasteiger partial charge on any atom is -0.303 e. The SMILES string of the molecule is Cc1ccc(C)c([C@@H](CCN2CCC(C)(C)C2)CCN(C)[C@H](C(=O)C=O)c2cncc(C)c2C2CCC(OC(F)(F)F)CC2)c1. The highest BCUT2D eigenvalue weighted by Gasteiger charge is 2.37. The van der Waals surface area contributed by atoms with Crippen LogP contribution in [0.5, 0.6) is 0 Å². The number of ketones is 1. The van der Waals surface area contributed by atoms with Gasteiger partial charge in [-0.3, -0.25) is 24.2 Å². The Balaban J connectivity index is 1.55. The number of ether oxygens (including phenoxy) is 1. The van der Waals surface area contributed by atoms with Crippen LogP contribution in [0.1, 0.15) is 110 Å². The lowest BCUT2D eigenvalue weighted by atomic mass is 9.78. The van der Waals surface area contributed by atoms with Gasteiger partial charge in [0.25, 0.3) is 0 Å². The van der Waals surface area contributed by atoms with E-state index in [1.807, 2.05) is 18.9 Å². The molecule has 2 heterocycles. The molecule has 6 nitrogen and oxygen atoms in total. The molecule has 0 unspecified atom stereocenters. The molecule has 1 aliphatic heterocycles. The van der Waals surface area contributed by atoms with Crippen LogP contribution in [0.3, 0.4) is 0 Å². The lowest BCUT2D eigenvalue weighted by Gasteiger charge is -2.34. The Kier molecular flexibility index (Phi) is 11.6. The summed E-state index contributed by atoms with van der Waals surface area (Å²) in [6, 6.07) is 5.79. The Morgan fingerprint density at radius 3 is 2.42 bits per heavy atom. The zero-order valence-electron chi connectivity index (χ0n) is 27.8. The molecule has 1 aliphatic carbocycles. The van der Waals surface area contributed by atoms with Crippen LogP contribution >= 0.6 is 0 Å². The number of aldehydes is 1. The first-order valence-electron chi connectivity index (χ1n) is 16.3. The molecule has 2 aliphatic rings. The highest BCUT2D eigenvalue weighted by molar-refractivity contribution is 6.27. The van der Waals surface area contributed by atoms with E-state index in [4.69, 9.17) is 0 Å². The lowest BCUT2D eigenvalue weighted by molar-refractivity contribution is -0.345. The standard InChI is InChI=1S/C36H50F3N3O3/c1-24-7-8-25(2)30(19-24)27(14-17-42-18-15-35(4,5)23-42)13-16-41(6)34(32(44)22-43)31-21-40-20-26(3)33(31)28-9-11-29(12-10-28)45-36(37,38)39/h7-8,19-22,27-29,34H,9-18,23H2,1-6H3/t27-,28?,29?,34+/m1/s1. The van der Waals surface area contributed by atoms with E-state index in [1.165, 1.54) is 23.1 Å². The quantitative estimate of drug-likeness (QED) is 0.168. The summed E-state index contributed by atoms with van der Waals surface area (Å²) in [6.45, 7) is 14.6. The number of hydrogen-bond acceptors (Lipinski definition) is 6. The Morgan fingerprint density at radius 1 is 1.09 bits per heavy atom. The monoisotopic (exact) mass is 629 g/mol. The molecule has 4 rings (SSSR count). The van der Waals surface area contributed by atoms with Crippen LogP contribution in [-0.2, 0) is 14.3 Å². The molecule has 1 saturated heterocycles. The molecule has 0 radical (unpaired) electrons. The Labute approximate surface area is 266 Å². The van der Waals surface area contributed by atoms with Gasteiger partial charge < -0.3 is 4.90 Å². The second-order valence-electron chi connectivity index (χ2n) is 14.2. The number of pyridine rings is 1. The first-order valence-corrected chi connectivity index (χ1v) is 16.3. The maximum absolute atomic E-state index is 13.3. The van der Waals surface area contributed by atoms with Crippen molar-refractivity contribution in [2.45, 2.75) is 110 Å². The summed E-state index contributed by atoms with van der Waals surface area (Å²) in [5.41, 5.74) is 6.62. The van der Waals surface area contributed by atoms with Crippen molar-refractivity contribution in [2.24, 2.45) is 5.41 Å². The van der Waals surface area contributed by atoms with Crippen LogP contribution < -0.4 is 0 Å². The number of aromatic nitrogens is 1. The zero-order valence-corrected chi connectivity index (χ0v) is 27.8. The second kappa shape index (κ2) is 14.9. The van der Waals surface area contributed by atoms with Crippen molar-refractivity contribution >= 4 is 12.1 Å². The molecule has 1 saturated carbocycles. The zero-order chi connectivity index (χ0) is 32.9. The molecule has 0 N–H and O–H groups in total. The molecule has 1 aromatic carbocycles. The van der Waals surface area contributed by atoms with E-state index in [0.29, 0.717) is 36.7 Å². The molecule has 2 aromatic rings. The topological polar surface area (TPSA) is 62.7 Å². The van der Waals surface area contributed by atoms with Gasteiger partial charge in [-0.1, -0.05) is 37.6 Å². The summed E-state index contributed by atoms with van der Waals surface area (Å²) < 4.78 is 42.8. The van der Waals surface area contributed by atoms with E-state index < -0.39 is 24.3 Å². The van der Waals surface area contributed by atoms with E-state index in [1.54, 1.807) is 12.4 Å². The summed E-state index contributed by atoms with van der Waals surface area (Å²) in [5.74, 6) is -0.302. The minimum absolute atomic E-state index is 0.0427. The predicted molar refractivity (Wildman–Crippen MR) is 170 cm³/mol. The lowest BCUT2D eigenvalue weighted by Crippen LogP contribution is -2.35. The first kappa shape index (κ1) is 35.2. The molecule has 0 bridgehead atoms. The van der Waals surface area contributed by atoms with Crippen molar-refractivity contribution in [1.82, 2.24) is 14.8 Å². The predicted octanol–water partition coefficient (Wildman–Crippen LogP) is 7.61. The summed E-state index contributed by atoms with van der Waals surface area (Å²) in [5, 5.41) is 0. The number of likely N-dealkylation sites (tertiary alicyclic amines) is 1. The number of halogens is 3. The van der Waals surface area contributed by atoms with E-state index in [9.17, 15) is 22.8 Å². The second-order valence-corrected chi connectivity index (χ2v) is 14.2. The molecule has 9 heteroatoms. The van der Waals surface area contributed by atoms with Crippen molar-refractivity contribution in [2.75, 3.05) is 33.2 Å².